The third-order valence-electron chi connectivity index (χ3n) is 11.4. The van der Waals surface area contributed by atoms with Crippen LogP contribution in [0.4, 0.5) is 0 Å². The largest absolute Gasteiger partial charge is 0.496 e. The number of nitrogens with one attached hydrogen (secondary N) is 1. The summed E-state index contributed by atoms with van der Waals surface area (Å²) >= 11 is 12.2. The molecule has 11 nitrogen and oxygen atoms in total. The molecule has 3 heterocycles. The summed E-state index contributed by atoms with van der Waals surface area (Å²) in [5.41, 5.74) is 8.32. The summed E-state index contributed by atoms with van der Waals surface area (Å²) in [5, 5.41) is 14.0. The number of hydrogen-bond donors (Lipinski definition) is 2. The Labute approximate surface area is 369 Å². The second-order valence-electron chi connectivity index (χ2n) is 15.3. The highest BCUT2D eigenvalue weighted by molar-refractivity contribution is 6.42. The van der Waals surface area contributed by atoms with Gasteiger partial charge < -0.3 is 34.3 Å². The first kappa shape index (κ1) is 42.1. The maximum atomic E-state index is 14.4. The molecule has 2 N–H and O–H groups in total. The van der Waals surface area contributed by atoms with Crippen LogP contribution in [-0.2, 0) is 35.6 Å². The van der Waals surface area contributed by atoms with Crippen molar-refractivity contribution in [3.8, 4) is 34.1 Å². The fraction of sp³-hybridized carbons (Fsp3) is 0.224. The standard InChI is InChI=1S/C49H43Cl2N3O8/c1-28-29(2)52-19-18-37(28)32-11-8-30(9-12-32)21-41(49(57)58)53-47(55)42-22-34-23-44-45(24-35(34)25-54(42)48(56)38-6-4-5-7-43(38)59-3)62-46(27-61-44)33-13-15-36(16-14-33)60-26-31-10-17-39(50)40(51)20-31/h4-20,23-24,41-42,46H,21-22,25-27H2,1-3H3,(H,53,55)(H,57,58). The Hall–Kier alpha value is -6.56. The molecule has 3 atom stereocenters. The number of ether oxygens (including phenoxy) is 4. The molecular formula is C49H43Cl2N3O8. The lowest BCUT2D eigenvalue weighted by atomic mass is 9.91. The second kappa shape index (κ2) is 18.2. The van der Waals surface area contributed by atoms with Gasteiger partial charge in [0, 0.05) is 31.3 Å². The number of carboxylic acids is 1. The first-order chi connectivity index (χ1) is 29.9. The Bertz CT molecular complexity index is 2650. The first-order valence-corrected chi connectivity index (χ1v) is 20.8. The van der Waals surface area contributed by atoms with E-state index in [0.29, 0.717) is 39.7 Å². The van der Waals surface area contributed by atoms with Crippen LogP contribution < -0.4 is 24.3 Å². The molecule has 13 heteroatoms. The number of halogens is 2. The minimum atomic E-state index is -1.26. The number of fused-ring (bicyclic) bond motifs is 2. The average Bonchev–Trinajstić information content (AvgIpc) is 3.29. The number of carboxylic acid groups (broad SMARTS) is 1. The molecule has 0 spiro atoms. The van der Waals surface area contributed by atoms with Crippen LogP contribution >= 0.6 is 23.2 Å². The van der Waals surface area contributed by atoms with Gasteiger partial charge in [-0.1, -0.05) is 77.8 Å². The van der Waals surface area contributed by atoms with E-state index in [1.54, 1.807) is 42.6 Å². The van der Waals surface area contributed by atoms with Crippen molar-refractivity contribution in [3.63, 3.8) is 0 Å². The smallest absolute Gasteiger partial charge is 0.326 e. The first-order valence-electron chi connectivity index (χ1n) is 20.1. The summed E-state index contributed by atoms with van der Waals surface area (Å²) < 4.78 is 24.2. The van der Waals surface area contributed by atoms with E-state index in [9.17, 15) is 19.5 Å². The number of pyridine rings is 1. The Balaban J connectivity index is 1.00. The minimum absolute atomic E-state index is 0.0355. The highest BCUT2D eigenvalue weighted by atomic mass is 35.5. The van der Waals surface area contributed by atoms with Crippen LogP contribution in [0.2, 0.25) is 10.0 Å². The molecule has 62 heavy (non-hydrogen) atoms. The number of carbonyl (C=O) groups excluding carboxylic acids is 2. The Kier molecular flexibility index (Phi) is 12.4. The molecule has 0 fully saturated rings. The van der Waals surface area contributed by atoms with Gasteiger partial charge in [-0.05, 0) is 113 Å². The zero-order chi connectivity index (χ0) is 43.5. The molecule has 2 amide bonds. The van der Waals surface area contributed by atoms with Crippen molar-refractivity contribution in [1.29, 1.82) is 0 Å². The number of aliphatic carboxylic acids is 1. The highest BCUT2D eigenvalue weighted by Gasteiger charge is 2.39. The zero-order valence-corrected chi connectivity index (χ0v) is 35.7. The Morgan fingerprint density at radius 3 is 2.37 bits per heavy atom. The summed E-state index contributed by atoms with van der Waals surface area (Å²) in [7, 11) is 1.48. The van der Waals surface area contributed by atoms with Crippen molar-refractivity contribution >= 4 is 41.0 Å². The summed E-state index contributed by atoms with van der Waals surface area (Å²) in [4.78, 5) is 47.2. The van der Waals surface area contributed by atoms with Crippen molar-refractivity contribution in [1.82, 2.24) is 15.2 Å². The quantitative estimate of drug-likeness (QED) is 0.123. The van der Waals surface area contributed by atoms with Crippen molar-refractivity contribution < 1.29 is 38.4 Å². The predicted octanol–water partition coefficient (Wildman–Crippen LogP) is 9.15. The van der Waals surface area contributed by atoms with Crippen molar-refractivity contribution in [3.05, 3.63) is 170 Å². The third kappa shape index (κ3) is 9.05. The van der Waals surface area contributed by atoms with Crippen molar-refractivity contribution in [2.75, 3.05) is 13.7 Å². The maximum Gasteiger partial charge on any atom is 0.326 e. The Morgan fingerprint density at radius 2 is 1.63 bits per heavy atom. The van der Waals surface area contributed by atoms with Gasteiger partial charge in [0.2, 0.25) is 5.91 Å². The summed E-state index contributed by atoms with van der Waals surface area (Å²) in [6.07, 6.45) is 1.48. The van der Waals surface area contributed by atoms with E-state index in [1.165, 1.54) is 12.0 Å². The normalized spacial score (nSPS) is 15.9. The van der Waals surface area contributed by atoms with Crippen molar-refractivity contribution in [2.45, 2.75) is 58.0 Å². The van der Waals surface area contributed by atoms with E-state index < -0.39 is 36.0 Å². The molecule has 0 aliphatic carbocycles. The number of nitrogens with zero attached hydrogens (tertiary/aromatic N) is 2. The predicted molar refractivity (Wildman–Crippen MR) is 235 cm³/mol. The van der Waals surface area contributed by atoms with Gasteiger partial charge in [0.25, 0.3) is 5.91 Å². The molecule has 2 aliphatic heterocycles. The molecule has 8 rings (SSSR count). The van der Waals surface area contributed by atoms with Gasteiger partial charge in [0.1, 0.15) is 36.8 Å². The maximum absolute atomic E-state index is 14.4. The van der Waals surface area contributed by atoms with Crippen LogP contribution in [-0.4, -0.2) is 58.6 Å². The van der Waals surface area contributed by atoms with Crippen LogP contribution in [0, 0.1) is 13.8 Å². The fourth-order valence-electron chi connectivity index (χ4n) is 7.79. The average molecular weight is 873 g/mol. The zero-order valence-electron chi connectivity index (χ0n) is 34.2. The number of rotatable bonds is 12. The number of para-hydroxylation sites is 1. The molecule has 6 aromatic rings. The Morgan fingerprint density at radius 1 is 0.887 bits per heavy atom. The van der Waals surface area contributed by atoms with Crippen LogP contribution in [0.1, 0.15) is 55.5 Å². The van der Waals surface area contributed by atoms with Crippen LogP contribution in [0.5, 0.6) is 23.0 Å². The van der Waals surface area contributed by atoms with Gasteiger partial charge in [-0.2, -0.15) is 0 Å². The molecule has 0 saturated heterocycles. The molecule has 316 valence electrons. The number of hydrogen-bond acceptors (Lipinski definition) is 8. The van der Waals surface area contributed by atoms with E-state index in [1.807, 2.05) is 86.6 Å². The second-order valence-corrected chi connectivity index (χ2v) is 16.1. The molecule has 0 radical (unpaired) electrons. The van der Waals surface area contributed by atoms with Gasteiger partial charge in [-0.3, -0.25) is 14.6 Å². The molecular weight excluding hydrogens is 829 g/mol. The molecule has 0 saturated carbocycles. The van der Waals surface area contributed by atoms with E-state index in [4.69, 9.17) is 42.1 Å². The molecule has 0 bridgehead atoms. The topological polar surface area (TPSA) is 137 Å². The molecule has 5 aromatic carbocycles. The number of carbonyl (C=O) groups is 3. The summed E-state index contributed by atoms with van der Waals surface area (Å²) in [5.74, 6) is -0.201. The van der Waals surface area contributed by atoms with E-state index in [-0.39, 0.29) is 31.6 Å². The number of methoxy groups -OCH3 is 1. The number of aromatic nitrogens is 1. The summed E-state index contributed by atoms with van der Waals surface area (Å²) in [6.45, 7) is 4.57. The molecule has 2 aliphatic rings. The monoisotopic (exact) mass is 871 g/mol. The van der Waals surface area contributed by atoms with E-state index in [2.05, 4.69) is 10.3 Å². The van der Waals surface area contributed by atoms with E-state index >= 15 is 0 Å². The molecule has 3 unspecified atom stereocenters. The van der Waals surface area contributed by atoms with Crippen LogP contribution in [0.3, 0.4) is 0 Å². The minimum Gasteiger partial charge on any atom is -0.496 e. The van der Waals surface area contributed by atoms with Gasteiger partial charge in [-0.15, -0.1) is 0 Å². The van der Waals surface area contributed by atoms with Crippen molar-refractivity contribution in [2.24, 2.45) is 0 Å². The number of amides is 2. The lowest BCUT2D eigenvalue weighted by Crippen LogP contribution is -2.56. The third-order valence-corrected chi connectivity index (χ3v) is 12.1. The van der Waals surface area contributed by atoms with Gasteiger partial charge in [0.15, 0.2) is 17.6 Å². The van der Waals surface area contributed by atoms with Crippen LogP contribution in [0.25, 0.3) is 11.1 Å². The number of benzene rings is 5. The number of aryl methyl sites for hydroxylation is 1. The van der Waals surface area contributed by atoms with Crippen LogP contribution in [0.15, 0.2) is 115 Å². The van der Waals surface area contributed by atoms with E-state index in [0.717, 1.165) is 50.2 Å². The van der Waals surface area contributed by atoms with Gasteiger partial charge >= 0.3 is 5.97 Å². The highest BCUT2D eigenvalue weighted by Crippen LogP contribution is 2.41. The lowest BCUT2D eigenvalue weighted by Gasteiger charge is -2.38. The molecule has 1 aromatic heterocycles. The lowest BCUT2D eigenvalue weighted by molar-refractivity contribution is -0.142. The summed E-state index contributed by atoms with van der Waals surface area (Å²) in [6, 6.07) is 30.7. The van der Waals surface area contributed by atoms with Gasteiger partial charge in [0.05, 0.1) is 22.7 Å². The SMILES string of the molecule is COc1ccccc1C(=O)N1Cc2cc3c(cc2CC1C(=O)NC(Cc1ccc(-c2ccnc(C)c2C)cc1)C(=O)O)OCC(c1ccc(OCc2ccc(Cl)c(Cl)c2)cc1)O3. The van der Waals surface area contributed by atoms with Gasteiger partial charge in [-0.25, -0.2) is 4.79 Å². The fourth-order valence-corrected chi connectivity index (χ4v) is 8.11.